The van der Waals surface area contributed by atoms with E-state index in [-0.39, 0.29) is 82.8 Å². The molecule has 0 saturated heterocycles. The molecule has 2 heterocycles. The van der Waals surface area contributed by atoms with E-state index in [2.05, 4.69) is 67.5 Å². The van der Waals surface area contributed by atoms with E-state index in [4.69, 9.17) is 22.9 Å². The summed E-state index contributed by atoms with van der Waals surface area (Å²) in [6.07, 6.45) is 7.34. The molecule has 0 aliphatic heterocycles. The molecule has 29 nitrogen and oxygen atoms in total. The number of carboxylic acids is 2. The van der Waals surface area contributed by atoms with Crippen LogP contribution in [0.5, 0.6) is 0 Å². The first-order valence-electron chi connectivity index (χ1n) is 27.8. The molecule has 84 heavy (non-hydrogen) atoms. The van der Waals surface area contributed by atoms with Crippen LogP contribution in [0.25, 0.3) is 0 Å². The van der Waals surface area contributed by atoms with E-state index < -0.39 is 126 Å². The average Bonchev–Trinajstić information content (AvgIpc) is 4.27. The Morgan fingerprint density at radius 3 is 1.57 bits per heavy atom. The fourth-order valence-corrected chi connectivity index (χ4v) is 9.03. The van der Waals surface area contributed by atoms with Gasteiger partial charge in [0.15, 0.2) is 5.96 Å². The summed E-state index contributed by atoms with van der Waals surface area (Å²) in [5.41, 5.74) is 24.3. The minimum Gasteiger partial charge on any atom is -0.481 e. The van der Waals surface area contributed by atoms with Gasteiger partial charge in [0, 0.05) is 56.0 Å². The fraction of sp³-hybridized carbons (Fsp3) is 0.574. The summed E-state index contributed by atoms with van der Waals surface area (Å²) in [7, 11) is 0. The van der Waals surface area contributed by atoms with Crippen molar-refractivity contribution < 1.29 is 58.2 Å². The van der Waals surface area contributed by atoms with Crippen LogP contribution in [-0.2, 0) is 67.2 Å². The Morgan fingerprint density at radius 1 is 0.583 bits per heavy atom. The second-order valence-electron chi connectivity index (χ2n) is 20.9. The number of hydrogen-bond donors (Lipinski definition) is 16. The highest BCUT2D eigenvalue weighted by atomic mass is 32.2. The van der Waals surface area contributed by atoms with Crippen LogP contribution >= 0.6 is 11.8 Å². The van der Waals surface area contributed by atoms with Gasteiger partial charge in [-0.2, -0.15) is 11.8 Å². The standard InChI is InChI=1S/C54H85N17O12S/c1-30(2)22-39(49(78)65-36(14-9-10-19-55)47(76)70-42(53(82)83)25-34-27-60-29-63-34)67-46(75)37(15-11-20-61-54(57)58)66-52(81)44(31(3)4)71-51(80)41(24-33-26-59-28-62-33)69-50(79)40(23-32-12-7-6-8-13-32)68-48(77)38(16-17-43(72)73)64-45(74)35(56)18-21-84-5/h6-8,12-13,26-31,35-42,44H,9-11,14-25,55-56H2,1-5H3,(H,59,62)(H,60,63)(H,64,74)(H,65,78)(H,66,81)(H,67,75)(H,68,77)(H,69,79)(H,70,76)(H,71,80)(H,72,73)(H,82,83)(H4,57,58,61)/t35-,36-,37-,38-,39-,40-,41-,42-,44-/m0/s1. The molecule has 0 spiro atoms. The molecule has 9 atom stereocenters. The lowest BCUT2D eigenvalue weighted by Gasteiger charge is -2.29. The number of aromatic nitrogens is 4. The minimum absolute atomic E-state index is 0.0321. The highest BCUT2D eigenvalue weighted by molar-refractivity contribution is 7.98. The summed E-state index contributed by atoms with van der Waals surface area (Å²) < 4.78 is 0. The molecule has 0 aliphatic carbocycles. The van der Waals surface area contributed by atoms with Gasteiger partial charge in [0.25, 0.3) is 0 Å². The summed E-state index contributed by atoms with van der Waals surface area (Å²) in [4.78, 5) is 155. The van der Waals surface area contributed by atoms with Crippen LogP contribution in [0.2, 0.25) is 0 Å². The van der Waals surface area contributed by atoms with Gasteiger partial charge in [0.05, 0.1) is 18.7 Å². The molecule has 0 radical (unpaired) electrons. The number of aliphatic imine (C=N–C) groups is 1. The number of rotatable bonds is 40. The maximum Gasteiger partial charge on any atom is 0.326 e. The molecule has 8 amide bonds. The van der Waals surface area contributed by atoms with Crippen molar-refractivity contribution in [3.8, 4) is 0 Å². The van der Waals surface area contributed by atoms with Gasteiger partial charge in [-0.1, -0.05) is 58.0 Å². The Labute approximate surface area is 492 Å². The van der Waals surface area contributed by atoms with Crippen LogP contribution in [0, 0.1) is 11.8 Å². The summed E-state index contributed by atoms with van der Waals surface area (Å²) in [5, 5.41) is 40.6. The van der Waals surface area contributed by atoms with Gasteiger partial charge in [-0.3, -0.25) is 48.1 Å². The van der Waals surface area contributed by atoms with E-state index in [0.717, 1.165) is 0 Å². The Hall–Kier alpha value is -8.12. The smallest absolute Gasteiger partial charge is 0.326 e. The van der Waals surface area contributed by atoms with Crippen molar-refractivity contribution in [1.29, 1.82) is 0 Å². The predicted octanol–water partition coefficient (Wildman–Crippen LogP) is -2.05. The quantitative estimate of drug-likeness (QED) is 0.0166. The highest BCUT2D eigenvalue weighted by Gasteiger charge is 2.36. The van der Waals surface area contributed by atoms with Gasteiger partial charge in [0.1, 0.15) is 48.3 Å². The lowest BCUT2D eigenvalue weighted by molar-refractivity contribution is -0.142. The molecule has 464 valence electrons. The molecular weight excluding hydrogens is 1110 g/mol. The van der Waals surface area contributed by atoms with Crippen LogP contribution in [0.1, 0.15) is 102 Å². The zero-order chi connectivity index (χ0) is 62.3. The van der Waals surface area contributed by atoms with Crippen molar-refractivity contribution in [2.45, 2.75) is 159 Å². The van der Waals surface area contributed by atoms with E-state index in [1.54, 1.807) is 58.0 Å². The number of carbonyl (C=O) groups excluding carboxylic acids is 8. The van der Waals surface area contributed by atoms with Crippen molar-refractivity contribution in [3.05, 3.63) is 72.3 Å². The van der Waals surface area contributed by atoms with Crippen LogP contribution in [-0.4, -0.2) is 175 Å². The van der Waals surface area contributed by atoms with Gasteiger partial charge in [-0.25, -0.2) is 14.8 Å². The number of aliphatic carboxylic acids is 2. The second kappa shape index (κ2) is 37.2. The molecule has 30 heteroatoms. The first-order valence-corrected chi connectivity index (χ1v) is 29.2. The maximum atomic E-state index is 14.6. The molecule has 2 aromatic heterocycles. The molecule has 0 aliphatic rings. The van der Waals surface area contributed by atoms with E-state index >= 15 is 0 Å². The number of imidazole rings is 2. The number of aromatic amines is 2. The maximum absolute atomic E-state index is 14.6. The Kier molecular flexibility index (Phi) is 31.0. The minimum atomic E-state index is -1.46. The van der Waals surface area contributed by atoms with Crippen molar-refractivity contribution in [3.63, 3.8) is 0 Å². The van der Waals surface area contributed by atoms with E-state index in [1.807, 2.05) is 6.26 Å². The number of H-pyrrole nitrogens is 2. The van der Waals surface area contributed by atoms with Crippen molar-refractivity contribution in [2.24, 2.45) is 39.8 Å². The number of hydrogen-bond acceptors (Lipinski definition) is 16. The first-order chi connectivity index (χ1) is 39.9. The van der Waals surface area contributed by atoms with Gasteiger partial charge in [-0.05, 0) is 87.3 Å². The molecule has 3 rings (SSSR count). The number of guanidine groups is 1. The van der Waals surface area contributed by atoms with Gasteiger partial charge < -0.3 is 85.6 Å². The van der Waals surface area contributed by atoms with Gasteiger partial charge in [0.2, 0.25) is 47.3 Å². The summed E-state index contributed by atoms with van der Waals surface area (Å²) >= 11 is 1.45. The summed E-state index contributed by atoms with van der Waals surface area (Å²) in [5.74, 6) is -9.69. The number of thioether (sulfide) groups is 1. The lowest BCUT2D eigenvalue weighted by atomic mass is 9.99. The van der Waals surface area contributed by atoms with E-state index in [1.165, 1.54) is 36.8 Å². The molecule has 20 N–H and O–H groups in total. The average molecular weight is 1200 g/mol. The van der Waals surface area contributed by atoms with Crippen molar-refractivity contribution >= 4 is 76.9 Å². The molecule has 3 aromatic rings. The number of nitrogens with two attached hydrogens (primary N) is 4. The Balaban J connectivity index is 1.95. The lowest BCUT2D eigenvalue weighted by Crippen LogP contribution is -2.61. The largest absolute Gasteiger partial charge is 0.481 e. The van der Waals surface area contributed by atoms with Crippen molar-refractivity contribution in [2.75, 3.05) is 25.1 Å². The van der Waals surface area contributed by atoms with Crippen LogP contribution in [0.3, 0.4) is 0 Å². The SMILES string of the molecule is CSCC[C@H](N)C(=O)N[C@@H](CCC(=O)O)C(=O)N[C@@H](Cc1ccccc1)C(=O)N[C@@H](Cc1cnc[nH]1)C(=O)N[C@H](C(=O)N[C@@H](CCCN=C(N)N)C(=O)N[C@@H](CC(C)C)C(=O)N[C@@H](CCCCN)C(=O)N[C@@H](Cc1cnc[nH]1)C(=O)O)C(C)C. The van der Waals surface area contributed by atoms with Crippen LogP contribution < -0.4 is 65.5 Å². The summed E-state index contributed by atoms with van der Waals surface area (Å²) in [6.45, 7) is 7.16. The molecule has 0 saturated carbocycles. The van der Waals surface area contributed by atoms with Crippen LogP contribution in [0.15, 0.2) is 60.4 Å². The monoisotopic (exact) mass is 1200 g/mol. The zero-order valence-electron chi connectivity index (χ0n) is 48.2. The third kappa shape index (κ3) is 26.0. The molecular formula is C54H85N17O12S. The van der Waals surface area contributed by atoms with Crippen LogP contribution in [0.4, 0.5) is 0 Å². The van der Waals surface area contributed by atoms with E-state index in [0.29, 0.717) is 35.5 Å². The van der Waals surface area contributed by atoms with Crippen molar-refractivity contribution in [1.82, 2.24) is 62.5 Å². The third-order valence-corrected chi connectivity index (χ3v) is 13.8. The normalized spacial score (nSPS) is 14.4. The Morgan fingerprint density at radius 2 is 1.06 bits per heavy atom. The molecule has 0 fully saturated rings. The van der Waals surface area contributed by atoms with Gasteiger partial charge in [-0.15, -0.1) is 0 Å². The number of nitrogens with zero attached hydrogens (tertiary/aromatic N) is 3. The topological polar surface area (TPSA) is 481 Å². The number of carbonyl (C=O) groups is 10. The third-order valence-electron chi connectivity index (χ3n) is 13.1. The second-order valence-corrected chi connectivity index (χ2v) is 21.9. The number of nitrogens with one attached hydrogen (secondary N) is 10. The number of unbranched alkanes of at least 4 members (excludes halogenated alkanes) is 1. The molecule has 0 unspecified atom stereocenters. The number of amides is 8. The number of benzene rings is 1. The first kappa shape index (κ1) is 70.1. The van der Waals surface area contributed by atoms with E-state index in [9.17, 15) is 58.2 Å². The summed E-state index contributed by atoms with van der Waals surface area (Å²) in [6, 6.07) is -3.45. The number of carboxylic acid groups (broad SMARTS) is 2. The zero-order valence-corrected chi connectivity index (χ0v) is 49.0. The molecule has 0 bridgehead atoms. The Bertz CT molecular complexity index is 2610. The van der Waals surface area contributed by atoms with Gasteiger partial charge >= 0.3 is 11.9 Å². The fourth-order valence-electron chi connectivity index (χ4n) is 8.54. The predicted molar refractivity (Wildman–Crippen MR) is 313 cm³/mol. The molecule has 1 aromatic carbocycles. The highest BCUT2D eigenvalue weighted by Crippen LogP contribution is 2.14.